The molecule has 38 heavy (non-hydrogen) atoms. The van der Waals surface area contributed by atoms with Gasteiger partial charge in [0.15, 0.2) is 0 Å². The minimum atomic E-state index is -3.99. The zero-order chi connectivity index (χ0) is 27.0. The predicted octanol–water partition coefficient (Wildman–Crippen LogP) is 2.04. The van der Waals surface area contributed by atoms with Crippen LogP contribution in [0.2, 0.25) is 0 Å². The molecule has 1 aliphatic heterocycles. The Hall–Kier alpha value is -3.68. The maximum absolute atomic E-state index is 13.8. The number of para-hydroxylation sites is 1. The van der Waals surface area contributed by atoms with E-state index in [0.717, 1.165) is 22.6 Å². The van der Waals surface area contributed by atoms with Gasteiger partial charge >= 0.3 is 0 Å². The van der Waals surface area contributed by atoms with Gasteiger partial charge in [-0.1, -0.05) is 18.2 Å². The monoisotopic (exact) mass is 553 g/mol. The molecular formula is C25H27N7O4S2. The highest BCUT2D eigenvalue weighted by atomic mass is 32.2. The van der Waals surface area contributed by atoms with Crippen molar-refractivity contribution in [1.82, 2.24) is 23.8 Å². The lowest BCUT2D eigenvalue weighted by Crippen LogP contribution is -2.49. The van der Waals surface area contributed by atoms with E-state index in [-0.39, 0.29) is 35.8 Å². The number of aryl methyl sites for hydroxylation is 2. The predicted molar refractivity (Wildman–Crippen MR) is 146 cm³/mol. The minimum absolute atomic E-state index is 0.0233. The zero-order valence-corrected chi connectivity index (χ0v) is 22.9. The molecule has 1 saturated heterocycles. The third-order valence-corrected chi connectivity index (χ3v) is 9.84. The molecule has 4 heterocycles. The van der Waals surface area contributed by atoms with Crippen molar-refractivity contribution in [3.8, 4) is 0 Å². The Morgan fingerprint density at radius 1 is 1.03 bits per heavy atom. The van der Waals surface area contributed by atoms with Gasteiger partial charge in [0.05, 0.1) is 11.7 Å². The van der Waals surface area contributed by atoms with Gasteiger partial charge in [0.2, 0.25) is 21.9 Å². The molecule has 13 heteroatoms. The molecular weight excluding hydrogens is 526 g/mol. The van der Waals surface area contributed by atoms with Crippen molar-refractivity contribution in [3.63, 3.8) is 0 Å². The first-order valence-corrected chi connectivity index (χ1v) is 14.3. The Kier molecular flexibility index (Phi) is 6.99. The average molecular weight is 554 g/mol. The number of benzene rings is 1. The number of rotatable bonds is 6. The number of fused-ring (bicyclic) bond motifs is 1. The van der Waals surface area contributed by atoms with Crippen LogP contribution in [0.1, 0.15) is 10.4 Å². The number of hydrogen-bond donors (Lipinski definition) is 0. The Bertz CT molecular complexity index is 1660. The number of carbonyl (C=O) groups excluding carboxylic acids is 1. The highest BCUT2D eigenvalue weighted by Gasteiger charge is 2.34. The van der Waals surface area contributed by atoms with Crippen LogP contribution in [0.4, 0.5) is 11.6 Å². The van der Waals surface area contributed by atoms with Crippen molar-refractivity contribution in [2.24, 2.45) is 0 Å². The standard InChI is InChI=1S/C25H27N7O4S2/c1-17-7-4-5-8-19(17)29(3)20(33)15-31-16-28-23-21(24(31)34)22(18(2)37-23)38(35,36)32-13-11-30(12-14-32)25-26-9-6-10-27-25/h4-10,16H,11-15H2,1-3H3. The Morgan fingerprint density at radius 3 is 2.39 bits per heavy atom. The highest BCUT2D eigenvalue weighted by molar-refractivity contribution is 7.89. The second-order valence-electron chi connectivity index (χ2n) is 9.02. The van der Waals surface area contributed by atoms with E-state index in [1.54, 1.807) is 32.4 Å². The van der Waals surface area contributed by atoms with Crippen LogP contribution in [0.25, 0.3) is 10.2 Å². The maximum Gasteiger partial charge on any atom is 0.263 e. The SMILES string of the molecule is Cc1ccccc1N(C)C(=O)Cn1cnc2sc(C)c(S(=O)(=O)N3CCN(c4ncccn4)CC3)c2c1=O. The smallest absolute Gasteiger partial charge is 0.263 e. The van der Waals surface area contributed by atoms with Gasteiger partial charge in [-0.25, -0.2) is 23.4 Å². The Morgan fingerprint density at radius 2 is 1.71 bits per heavy atom. The van der Waals surface area contributed by atoms with Gasteiger partial charge in [0.25, 0.3) is 5.56 Å². The lowest BCUT2D eigenvalue weighted by Gasteiger charge is -2.33. The van der Waals surface area contributed by atoms with E-state index in [1.165, 1.54) is 20.1 Å². The fraction of sp³-hybridized carbons (Fsp3) is 0.320. The van der Waals surface area contributed by atoms with E-state index in [2.05, 4.69) is 15.0 Å². The first kappa shape index (κ1) is 25.9. The fourth-order valence-electron chi connectivity index (χ4n) is 4.57. The first-order chi connectivity index (χ1) is 18.2. The summed E-state index contributed by atoms with van der Waals surface area (Å²) in [6.07, 6.45) is 4.60. The molecule has 198 valence electrons. The summed E-state index contributed by atoms with van der Waals surface area (Å²) in [5.41, 5.74) is 1.10. The van der Waals surface area contributed by atoms with Crippen LogP contribution in [-0.2, 0) is 21.4 Å². The summed E-state index contributed by atoms with van der Waals surface area (Å²) < 4.78 is 30.1. The number of aromatic nitrogens is 4. The summed E-state index contributed by atoms with van der Waals surface area (Å²) in [7, 11) is -2.34. The van der Waals surface area contributed by atoms with Gasteiger partial charge < -0.3 is 9.80 Å². The van der Waals surface area contributed by atoms with E-state index in [1.807, 2.05) is 36.1 Å². The van der Waals surface area contributed by atoms with Crippen LogP contribution in [-0.4, -0.2) is 71.4 Å². The van der Waals surface area contributed by atoms with Gasteiger partial charge in [-0.05, 0) is 31.5 Å². The number of thiophene rings is 1. The number of amides is 1. The summed E-state index contributed by atoms with van der Waals surface area (Å²) >= 11 is 1.16. The van der Waals surface area contributed by atoms with E-state index in [4.69, 9.17) is 0 Å². The molecule has 0 spiro atoms. The van der Waals surface area contributed by atoms with Crippen LogP contribution >= 0.6 is 11.3 Å². The van der Waals surface area contributed by atoms with Crippen molar-refractivity contribution < 1.29 is 13.2 Å². The summed E-state index contributed by atoms with van der Waals surface area (Å²) in [4.78, 5) is 43.6. The van der Waals surface area contributed by atoms with Crippen molar-refractivity contribution in [3.05, 3.63) is 69.8 Å². The average Bonchev–Trinajstić information content (AvgIpc) is 3.28. The lowest BCUT2D eigenvalue weighted by atomic mass is 10.2. The minimum Gasteiger partial charge on any atom is -0.338 e. The summed E-state index contributed by atoms with van der Waals surface area (Å²) in [6.45, 7) is 4.61. The van der Waals surface area contributed by atoms with E-state index in [9.17, 15) is 18.0 Å². The molecule has 0 saturated carbocycles. The van der Waals surface area contributed by atoms with E-state index >= 15 is 0 Å². The van der Waals surface area contributed by atoms with Crippen LogP contribution in [0.15, 0.2) is 58.7 Å². The number of nitrogens with zero attached hydrogens (tertiary/aromatic N) is 7. The van der Waals surface area contributed by atoms with Crippen LogP contribution in [0.3, 0.4) is 0 Å². The second-order valence-corrected chi connectivity index (χ2v) is 12.1. The van der Waals surface area contributed by atoms with Gasteiger partial charge in [-0.15, -0.1) is 11.3 Å². The van der Waals surface area contributed by atoms with Crippen LogP contribution in [0, 0.1) is 13.8 Å². The number of anilines is 2. The Balaban J connectivity index is 1.43. The fourth-order valence-corrected chi connectivity index (χ4v) is 7.66. The first-order valence-electron chi connectivity index (χ1n) is 12.0. The lowest BCUT2D eigenvalue weighted by molar-refractivity contribution is -0.118. The molecule has 0 aliphatic carbocycles. The van der Waals surface area contributed by atoms with Gasteiger partial charge in [-0.3, -0.25) is 14.2 Å². The Labute approximate surface area is 224 Å². The normalized spacial score (nSPS) is 14.7. The molecule has 1 aliphatic rings. The largest absolute Gasteiger partial charge is 0.338 e. The third-order valence-electron chi connectivity index (χ3n) is 6.63. The molecule has 0 N–H and O–H groups in total. The molecule has 0 atom stereocenters. The summed E-state index contributed by atoms with van der Waals surface area (Å²) in [6, 6.07) is 9.17. The van der Waals surface area contributed by atoms with Gasteiger partial charge in [-0.2, -0.15) is 4.31 Å². The third kappa shape index (κ3) is 4.68. The molecule has 4 aromatic rings. The quantitative estimate of drug-likeness (QED) is 0.356. The second kappa shape index (κ2) is 10.2. The van der Waals surface area contributed by atoms with E-state index < -0.39 is 15.6 Å². The zero-order valence-electron chi connectivity index (χ0n) is 21.2. The molecule has 1 aromatic carbocycles. The number of likely N-dealkylation sites (N-methyl/N-ethyl adjacent to an activating group) is 1. The molecule has 5 rings (SSSR count). The van der Waals surface area contributed by atoms with Gasteiger partial charge in [0, 0.05) is 56.2 Å². The van der Waals surface area contributed by atoms with Crippen molar-refractivity contribution >= 4 is 49.1 Å². The highest BCUT2D eigenvalue weighted by Crippen LogP contribution is 2.33. The molecule has 11 nitrogen and oxygen atoms in total. The molecule has 0 radical (unpaired) electrons. The van der Waals surface area contributed by atoms with Crippen molar-refractivity contribution in [1.29, 1.82) is 0 Å². The van der Waals surface area contributed by atoms with E-state index in [0.29, 0.717) is 28.7 Å². The molecule has 1 fully saturated rings. The summed E-state index contributed by atoms with van der Waals surface area (Å²) in [5.74, 6) is 0.229. The summed E-state index contributed by atoms with van der Waals surface area (Å²) in [5, 5.41) is 0.0233. The number of carbonyl (C=O) groups is 1. The molecule has 0 unspecified atom stereocenters. The molecule has 3 aromatic heterocycles. The van der Waals surface area contributed by atoms with Crippen LogP contribution in [0.5, 0.6) is 0 Å². The topological polar surface area (TPSA) is 122 Å². The van der Waals surface area contributed by atoms with Crippen molar-refractivity contribution in [2.75, 3.05) is 43.0 Å². The number of hydrogen-bond acceptors (Lipinski definition) is 9. The number of piperazine rings is 1. The maximum atomic E-state index is 13.8. The number of sulfonamides is 1. The van der Waals surface area contributed by atoms with Crippen LogP contribution < -0.4 is 15.4 Å². The molecule has 1 amide bonds. The van der Waals surface area contributed by atoms with Crippen molar-refractivity contribution in [2.45, 2.75) is 25.3 Å². The van der Waals surface area contributed by atoms with Gasteiger partial charge in [0.1, 0.15) is 16.3 Å². The molecule has 0 bridgehead atoms.